The highest BCUT2D eigenvalue weighted by Gasteiger charge is 2.30. The minimum atomic E-state index is -0.272. The lowest BCUT2D eigenvalue weighted by atomic mass is 9.86. The van der Waals surface area contributed by atoms with E-state index in [0.717, 1.165) is 18.8 Å². The number of piperidine rings is 1. The summed E-state index contributed by atoms with van der Waals surface area (Å²) >= 11 is 0. The van der Waals surface area contributed by atoms with E-state index in [1.54, 1.807) is 10.9 Å². The van der Waals surface area contributed by atoms with Crippen LogP contribution in [-0.2, 0) is 18.3 Å². The summed E-state index contributed by atoms with van der Waals surface area (Å²) in [5, 5.41) is 4.24. The van der Waals surface area contributed by atoms with Crippen LogP contribution in [0.25, 0.3) is 0 Å². The van der Waals surface area contributed by atoms with E-state index in [2.05, 4.69) is 30.8 Å². The van der Waals surface area contributed by atoms with Gasteiger partial charge in [-0.15, -0.1) is 0 Å². The predicted molar refractivity (Wildman–Crippen MR) is 82.0 cm³/mol. The third kappa shape index (κ3) is 3.46. The molecule has 0 saturated carbocycles. The first-order valence-electron chi connectivity index (χ1n) is 7.86. The van der Waals surface area contributed by atoms with Gasteiger partial charge in [0.1, 0.15) is 5.56 Å². The first-order chi connectivity index (χ1) is 9.93. The van der Waals surface area contributed by atoms with E-state index in [0.29, 0.717) is 30.0 Å². The topological polar surface area (TPSA) is 47.4 Å². The number of aryl methyl sites for hydroxylation is 1. The normalized spacial score (nSPS) is 26.8. The Hall–Kier alpha value is -1.36. The van der Waals surface area contributed by atoms with Crippen molar-refractivity contribution in [2.75, 3.05) is 13.2 Å². The zero-order valence-corrected chi connectivity index (χ0v) is 13.8. The van der Waals surface area contributed by atoms with Gasteiger partial charge in [-0.3, -0.25) is 9.58 Å². The van der Waals surface area contributed by atoms with Gasteiger partial charge >= 0.3 is 5.97 Å². The fourth-order valence-corrected chi connectivity index (χ4v) is 3.26. The molecular formula is C16H27N3O2. The molecule has 0 spiro atoms. The molecule has 1 aliphatic rings. The number of aromatic nitrogens is 2. The fraction of sp³-hybridized carbons (Fsp3) is 0.750. The summed E-state index contributed by atoms with van der Waals surface area (Å²) in [6, 6.07) is 0.520. The molecule has 2 rings (SSSR count). The zero-order chi connectivity index (χ0) is 15.6. The van der Waals surface area contributed by atoms with Gasteiger partial charge in [0.2, 0.25) is 0 Å². The number of nitrogens with zero attached hydrogens (tertiary/aromatic N) is 3. The molecule has 1 aromatic heterocycles. The Labute approximate surface area is 127 Å². The van der Waals surface area contributed by atoms with Crippen molar-refractivity contribution >= 4 is 5.97 Å². The van der Waals surface area contributed by atoms with E-state index < -0.39 is 0 Å². The van der Waals surface area contributed by atoms with Crippen LogP contribution in [0.4, 0.5) is 0 Å². The number of carbonyl (C=O) groups excluding carboxylic acids is 1. The predicted octanol–water partition coefficient (Wildman–Crippen LogP) is 2.46. The minimum Gasteiger partial charge on any atom is -0.462 e. The maximum atomic E-state index is 12.0. The molecule has 3 unspecified atom stereocenters. The van der Waals surface area contributed by atoms with Gasteiger partial charge in [0, 0.05) is 26.2 Å². The third-order valence-corrected chi connectivity index (χ3v) is 4.63. The number of ether oxygens (including phenoxy) is 1. The Bertz CT molecular complexity index is 498. The highest BCUT2D eigenvalue weighted by Crippen LogP contribution is 2.28. The molecular weight excluding hydrogens is 266 g/mol. The molecule has 0 N–H and O–H groups in total. The van der Waals surface area contributed by atoms with Crippen LogP contribution in [0, 0.1) is 11.8 Å². The van der Waals surface area contributed by atoms with Crippen molar-refractivity contribution in [1.82, 2.24) is 14.7 Å². The number of rotatable bonds is 4. The molecule has 1 fully saturated rings. The Balaban J connectivity index is 2.18. The second-order valence-electron chi connectivity index (χ2n) is 6.34. The van der Waals surface area contributed by atoms with E-state index in [-0.39, 0.29) is 5.97 Å². The minimum absolute atomic E-state index is 0.272. The average Bonchev–Trinajstić information content (AvgIpc) is 2.77. The smallest absolute Gasteiger partial charge is 0.341 e. The fourth-order valence-electron chi connectivity index (χ4n) is 3.26. The van der Waals surface area contributed by atoms with Gasteiger partial charge in [-0.2, -0.15) is 5.10 Å². The van der Waals surface area contributed by atoms with Crippen molar-refractivity contribution in [3.05, 3.63) is 17.5 Å². The van der Waals surface area contributed by atoms with E-state index >= 15 is 0 Å². The molecule has 0 amide bonds. The number of hydrogen-bond donors (Lipinski definition) is 0. The van der Waals surface area contributed by atoms with E-state index in [4.69, 9.17) is 4.74 Å². The van der Waals surface area contributed by atoms with Crippen LogP contribution in [0.1, 0.15) is 50.2 Å². The average molecular weight is 293 g/mol. The SMILES string of the molecule is CCOC(=O)c1cnn(C)c1CN1CC(C)CC(C)C1C. The summed E-state index contributed by atoms with van der Waals surface area (Å²) in [5.41, 5.74) is 1.54. The first-order valence-corrected chi connectivity index (χ1v) is 7.86. The van der Waals surface area contributed by atoms with Gasteiger partial charge in [0.25, 0.3) is 0 Å². The summed E-state index contributed by atoms with van der Waals surface area (Å²) in [4.78, 5) is 14.5. The number of hydrogen-bond acceptors (Lipinski definition) is 4. The van der Waals surface area contributed by atoms with Crippen molar-refractivity contribution in [2.45, 2.75) is 46.7 Å². The van der Waals surface area contributed by atoms with E-state index in [1.165, 1.54) is 6.42 Å². The molecule has 0 aliphatic carbocycles. The van der Waals surface area contributed by atoms with Gasteiger partial charge < -0.3 is 4.74 Å². The Morgan fingerprint density at radius 2 is 2.14 bits per heavy atom. The molecule has 5 nitrogen and oxygen atoms in total. The van der Waals surface area contributed by atoms with Crippen molar-refractivity contribution in [1.29, 1.82) is 0 Å². The molecule has 0 aromatic carbocycles. The molecule has 5 heteroatoms. The van der Waals surface area contributed by atoms with Crippen molar-refractivity contribution in [3.63, 3.8) is 0 Å². The highest BCUT2D eigenvalue weighted by atomic mass is 16.5. The standard InChI is InChI=1S/C16H27N3O2/c1-6-21-16(20)14-8-17-18(5)15(14)10-19-9-11(2)7-12(3)13(19)4/h8,11-13H,6-7,9-10H2,1-5H3. The van der Waals surface area contributed by atoms with Gasteiger partial charge in [-0.05, 0) is 32.1 Å². The van der Waals surface area contributed by atoms with Crippen molar-refractivity contribution in [2.24, 2.45) is 18.9 Å². The monoisotopic (exact) mass is 293 g/mol. The van der Waals surface area contributed by atoms with Gasteiger partial charge in [-0.25, -0.2) is 4.79 Å². The van der Waals surface area contributed by atoms with Crippen LogP contribution < -0.4 is 0 Å². The summed E-state index contributed by atoms with van der Waals surface area (Å²) in [7, 11) is 1.89. The van der Waals surface area contributed by atoms with Crippen LogP contribution in [-0.4, -0.2) is 39.8 Å². The van der Waals surface area contributed by atoms with E-state index in [1.807, 2.05) is 14.0 Å². The maximum absolute atomic E-state index is 12.0. The van der Waals surface area contributed by atoms with Gasteiger partial charge in [0.05, 0.1) is 18.5 Å². The molecule has 0 radical (unpaired) electrons. The molecule has 118 valence electrons. The number of carbonyl (C=O) groups is 1. The molecule has 3 atom stereocenters. The third-order valence-electron chi connectivity index (χ3n) is 4.63. The second-order valence-corrected chi connectivity index (χ2v) is 6.34. The number of esters is 1. The quantitative estimate of drug-likeness (QED) is 0.800. The van der Waals surface area contributed by atoms with Gasteiger partial charge in [-0.1, -0.05) is 13.8 Å². The maximum Gasteiger partial charge on any atom is 0.341 e. The van der Waals surface area contributed by atoms with Crippen LogP contribution >= 0.6 is 0 Å². The Kier molecular flexibility index (Phi) is 5.04. The molecule has 1 aromatic rings. The van der Waals surface area contributed by atoms with Gasteiger partial charge in [0.15, 0.2) is 0 Å². The summed E-state index contributed by atoms with van der Waals surface area (Å²) in [6.45, 7) is 10.9. The van der Waals surface area contributed by atoms with Crippen molar-refractivity contribution in [3.8, 4) is 0 Å². The molecule has 2 heterocycles. The van der Waals surface area contributed by atoms with Crippen LogP contribution in [0.5, 0.6) is 0 Å². The first kappa shape index (κ1) is 16.0. The van der Waals surface area contributed by atoms with E-state index in [9.17, 15) is 4.79 Å². The van der Waals surface area contributed by atoms with Crippen LogP contribution in [0.15, 0.2) is 6.20 Å². The van der Waals surface area contributed by atoms with Crippen LogP contribution in [0.3, 0.4) is 0 Å². The molecule has 0 bridgehead atoms. The summed E-state index contributed by atoms with van der Waals surface area (Å²) in [5.74, 6) is 1.09. The summed E-state index contributed by atoms with van der Waals surface area (Å²) in [6.07, 6.45) is 2.89. The molecule has 1 aliphatic heterocycles. The lowest BCUT2D eigenvalue weighted by Crippen LogP contribution is -2.45. The molecule has 1 saturated heterocycles. The number of likely N-dealkylation sites (tertiary alicyclic amines) is 1. The largest absolute Gasteiger partial charge is 0.462 e. The lowest BCUT2D eigenvalue weighted by molar-refractivity contribution is 0.0513. The molecule has 21 heavy (non-hydrogen) atoms. The lowest BCUT2D eigenvalue weighted by Gasteiger charge is -2.41. The Morgan fingerprint density at radius 3 is 2.81 bits per heavy atom. The van der Waals surface area contributed by atoms with Crippen molar-refractivity contribution < 1.29 is 9.53 Å². The van der Waals surface area contributed by atoms with Crippen LogP contribution in [0.2, 0.25) is 0 Å². The summed E-state index contributed by atoms with van der Waals surface area (Å²) < 4.78 is 6.92. The second kappa shape index (κ2) is 6.60. The Morgan fingerprint density at radius 1 is 1.43 bits per heavy atom. The zero-order valence-electron chi connectivity index (χ0n) is 13.8. The highest BCUT2D eigenvalue weighted by molar-refractivity contribution is 5.90.